The third-order valence-corrected chi connectivity index (χ3v) is 5.47. The number of carbonyl (C=O) groups excluding carboxylic acids is 1. The predicted octanol–water partition coefficient (Wildman–Crippen LogP) is 3.40. The molecule has 1 aliphatic heterocycles. The molecule has 0 atom stereocenters. The van der Waals surface area contributed by atoms with Gasteiger partial charge in [-0.15, -0.1) is 0 Å². The fourth-order valence-electron chi connectivity index (χ4n) is 3.61. The molecular weight excluding hydrogens is 389 g/mol. The number of nitrogens with one attached hydrogen (secondary N) is 1. The van der Waals surface area contributed by atoms with E-state index in [1.165, 1.54) is 6.07 Å². The van der Waals surface area contributed by atoms with Crippen LogP contribution in [0.2, 0.25) is 0 Å². The molecule has 1 amide bonds. The molecule has 1 N–H and O–H groups in total. The number of aromatic nitrogens is 3. The number of halogens is 1. The van der Waals surface area contributed by atoms with Gasteiger partial charge in [0, 0.05) is 31.7 Å². The van der Waals surface area contributed by atoms with Gasteiger partial charge in [-0.25, -0.2) is 4.39 Å². The maximum atomic E-state index is 14.0. The highest BCUT2D eigenvalue weighted by Crippen LogP contribution is 2.21. The van der Waals surface area contributed by atoms with Gasteiger partial charge in [-0.3, -0.25) is 14.5 Å². The predicted molar refractivity (Wildman–Crippen MR) is 113 cm³/mol. The van der Waals surface area contributed by atoms with Crippen molar-refractivity contribution >= 4 is 23.8 Å². The number of piperazine rings is 1. The zero-order chi connectivity index (χ0) is 20.4. The maximum absolute atomic E-state index is 14.0. The van der Waals surface area contributed by atoms with E-state index in [0.29, 0.717) is 42.5 Å². The van der Waals surface area contributed by atoms with Crippen molar-refractivity contribution in [2.75, 3.05) is 31.1 Å². The summed E-state index contributed by atoms with van der Waals surface area (Å²) >= 11 is 5.35. The monoisotopic (exact) mass is 411 g/mol. The zero-order valence-electron chi connectivity index (χ0n) is 16.1. The van der Waals surface area contributed by atoms with Crippen LogP contribution in [0, 0.1) is 17.5 Å². The summed E-state index contributed by atoms with van der Waals surface area (Å²) in [6.45, 7) is 4.40. The summed E-state index contributed by atoms with van der Waals surface area (Å²) in [4.78, 5) is 16.7. The van der Waals surface area contributed by atoms with Crippen LogP contribution in [0.5, 0.6) is 0 Å². The maximum Gasteiger partial charge on any atom is 0.242 e. The molecule has 8 heteroatoms. The fraction of sp³-hybridized carbons (Fsp3) is 0.286. The molecule has 6 nitrogen and oxygen atoms in total. The molecular formula is C21H22FN5OS. The molecule has 0 unspecified atom stereocenters. The Kier molecular flexibility index (Phi) is 5.44. The van der Waals surface area contributed by atoms with Crippen LogP contribution in [0.15, 0.2) is 48.5 Å². The number of amides is 1. The van der Waals surface area contributed by atoms with E-state index in [9.17, 15) is 9.18 Å². The van der Waals surface area contributed by atoms with Crippen molar-refractivity contribution in [1.29, 1.82) is 0 Å². The van der Waals surface area contributed by atoms with Gasteiger partial charge in [-0.1, -0.05) is 35.9 Å². The lowest BCUT2D eigenvalue weighted by atomic mass is 10.1. The smallest absolute Gasteiger partial charge is 0.242 e. The van der Waals surface area contributed by atoms with Gasteiger partial charge in [-0.05, 0) is 37.3 Å². The van der Waals surface area contributed by atoms with E-state index in [0.717, 1.165) is 11.1 Å². The molecule has 0 saturated carbocycles. The Bertz CT molecular complexity index is 1080. The molecule has 2 aromatic carbocycles. The van der Waals surface area contributed by atoms with Gasteiger partial charge in [0.15, 0.2) is 10.6 Å². The number of rotatable bonds is 4. The second-order valence-corrected chi connectivity index (χ2v) is 7.51. The van der Waals surface area contributed by atoms with E-state index in [1.54, 1.807) is 21.6 Å². The van der Waals surface area contributed by atoms with Crippen molar-refractivity contribution in [2.24, 2.45) is 0 Å². The van der Waals surface area contributed by atoms with Crippen LogP contribution in [0.25, 0.3) is 11.4 Å². The molecule has 1 aliphatic rings. The normalized spacial score (nSPS) is 14.3. The first-order valence-electron chi connectivity index (χ1n) is 9.52. The van der Waals surface area contributed by atoms with Crippen LogP contribution in [-0.4, -0.2) is 51.8 Å². The van der Waals surface area contributed by atoms with Crippen molar-refractivity contribution in [3.63, 3.8) is 0 Å². The minimum absolute atomic E-state index is 0.0235. The topological polar surface area (TPSA) is 57.2 Å². The number of H-pyrrole nitrogens is 1. The third kappa shape index (κ3) is 4.07. The van der Waals surface area contributed by atoms with Gasteiger partial charge in [0.25, 0.3) is 0 Å². The Morgan fingerprint density at radius 1 is 1.14 bits per heavy atom. The van der Waals surface area contributed by atoms with Crippen LogP contribution >= 0.6 is 12.2 Å². The molecule has 29 heavy (non-hydrogen) atoms. The van der Waals surface area contributed by atoms with Crippen molar-refractivity contribution in [2.45, 2.75) is 13.5 Å². The first-order chi connectivity index (χ1) is 14.0. The molecule has 2 heterocycles. The van der Waals surface area contributed by atoms with Gasteiger partial charge in [0.1, 0.15) is 12.4 Å². The summed E-state index contributed by atoms with van der Waals surface area (Å²) in [6.07, 6.45) is 0. The Labute approximate surface area is 173 Å². The summed E-state index contributed by atoms with van der Waals surface area (Å²) in [6, 6.07) is 14.7. The molecule has 150 valence electrons. The zero-order valence-corrected chi connectivity index (χ0v) is 17.0. The van der Waals surface area contributed by atoms with Crippen molar-refractivity contribution in [3.05, 3.63) is 64.7 Å². The number of aryl methyl sites for hydroxylation is 1. The van der Waals surface area contributed by atoms with E-state index in [-0.39, 0.29) is 18.3 Å². The Morgan fingerprint density at radius 3 is 2.62 bits per heavy atom. The van der Waals surface area contributed by atoms with Gasteiger partial charge in [-0.2, -0.15) is 5.10 Å². The van der Waals surface area contributed by atoms with E-state index in [4.69, 9.17) is 12.2 Å². The number of carbonyl (C=O) groups is 1. The summed E-state index contributed by atoms with van der Waals surface area (Å²) in [5.41, 5.74) is 2.60. The Morgan fingerprint density at radius 2 is 1.90 bits per heavy atom. The Balaban J connectivity index is 1.46. The van der Waals surface area contributed by atoms with Gasteiger partial charge in [0.05, 0.1) is 5.69 Å². The number of anilines is 1. The first-order valence-corrected chi connectivity index (χ1v) is 9.93. The molecule has 1 fully saturated rings. The van der Waals surface area contributed by atoms with Crippen LogP contribution < -0.4 is 4.90 Å². The molecule has 3 aromatic rings. The number of para-hydroxylation sites is 1. The van der Waals surface area contributed by atoms with Crippen LogP contribution in [0.4, 0.5) is 10.1 Å². The quantitative estimate of drug-likeness (QED) is 0.669. The molecule has 0 spiro atoms. The number of hydrogen-bond donors (Lipinski definition) is 1. The van der Waals surface area contributed by atoms with Crippen molar-refractivity contribution in [3.8, 4) is 11.4 Å². The molecule has 0 radical (unpaired) electrons. The highest BCUT2D eigenvalue weighted by atomic mass is 32.1. The third-order valence-electron chi connectivity index (χ3n) is 5.15. The van der Waals surface area contributed by atoms with Crippen molar-refractivity contribution < 1.29 is 9.18 Å². The highest BCUT2D eigenvalue weighted by Gasteiger charge is 2.24. The van der Waals surface area contributed by atoms with Gasteiger partial charge >= 0.3 is 0 Å². The van der Waals surface area contributed by atoms with Crippen LogP contribution in [-0.2, 0) is 11.3 Å². The molecule has 1 saturated heterocycles. The second-order valence-electron chi connectivity index (χ2n) is 7.13. The minimum atomic E-state index is -0.236. The molecule has 0 bridgehead atoms. The lowest BCUT2D eigenvalue weighted by Gasteiger charge is -2.36. The summed E-state index contributed by atoms with van der Waals surface area (Å²) in [5, 5.41) is 7.11. The first kappa shape index (κ1) is 19.3. The SMILES string of the molecule is Cc1cccc(-c2n[nH]c(=S)n2CC(=O)N2CCN(c3ccccc3F)CC2)c1. The standard InChI is InChI=1S/C21H22FN5OS/c1-15-5-4-6-16(13-15)20-23-24-21(29)27(20)14-19(28)26-11-9-25(10-12-26)18-8-3-2-7-17(18)22/h2-8,13H,9-12,14H2,1H3,(H,24,29). The van der Waals surface area contributed by atoms with Crippen LogP contribution in [0.3, 0.4) is 0 Å². The van der Waals surface area contributed by atoms with E-state index in [2.05, 4.69) is 10.2 Å². The van der Waals surface area contributed by atoms with E-state index >= 15 is 0 Å². The van der Waals surface area contributed by atoms with E-state index < -0.39 is 0 Å². The minimum Gasteiger partial charge on any atom is -0.366 e. The van der Waals surface area contributed by atoms with Crippen molar-refractivity contribution in [1.82, 2.24) is 19.7 Å². The second kappa shape index (κ2) is 8.16. The summed E-state index contributed by atoms with van der Waals surface area (Å²) in [7, 11) is 0. The van der Waals surface area contributed by atoms with Gasteiger partial charge < -0.3 is 9.80 Å². The molecule has 1 aromatic heterocycles. The number of aromatic amines is 1. The lowest BCUT2D eigenvalue weighted by molar-refractivity contribution is -0.132. The van der Waals surface area contributed by atoms with Crippen LogP contribution in [0.1, 0.15) is 5.56 Å². The average molecular weight is 412 g/mol. The number of hydrogen-bond acceptors (Lipinski definition) is 4. The lowest BCUT2D eigenvalue weighted by Crippen LogP contribution is -2.49. The highest BCUT2D eigenvalue weighted by molar-refractivity contribution is 7.71. The molecule has 4 rings (SSSR count). The van der Waals surface area contributed by atoms with E-state index in [1.807, 2.05) is 42.2 Å². The average Bonchev–Trinajstić information content (AvgIpc) is 3.09. The number of nitrogens with zero attached hydrogens (tertiary/aromatic N) is 4. The number of benzene rings is 2. The fourth-order valence-corrected chi connectivity index (χ4v) is 3.81. The largest absolute Gasteiger partial charge is 0.366 e. The summed E-state index contributed by atoms with van der Waals surface area (Å²) < 4.78 is 16.2. The Hall–Kier alpha value is -3.00. The molecule has 0 aliphatic carbocycles. The summed E-state index contributed by atoms with van der Waals surface area (Å²) in [5.74, 6) is 0.390. The van der Waals surface area contributed by atoms with Gasteiger partial charge in [0.2, 0.25) is 5.91 Å².